The number of hydrogen-bond acceptors (Lipinski definition) is 4. The molecule has 1 aromatic rings. The van der Waals surface area contributed by atoms with Crippen LogP contribution in [0.1, 0.15) is 24.2 Å². The molecule has 0 fully saturated rings. The lowest BCUT2D eigenvalue weighted by Crippen LogP contribution is -2.25. The Bertz CT molecular complexity index is 433. The Kier molecular flexibility index (Phi) is 5.72. The maximum absolute atomic E-state index is 12.9. The van der Waals surface area contributed by atoms with Gasteiger partial charge in [-0.3, -0.25) is 0 Å². The number of halogens is 1. The third-order valence-corrected chi connectivity index (χ3v) is 2.23. The molecule has 1 aromatic carbocycles. The fourth-order valence-corrected chi connectivity index (χ4v) is 1.33. The zero-order valence-corrected chi connectivity index (χ0v) is 10.8. The highest BCUT2D eigenvalue weighted by Gasteiger charge is 2.14. The molecule has 0 aliphatic carbocycles. The van der Waals surface area contributed by atoms with Gasteiger partial charge < -0.3 is 19.7 Å². The second-order valence-corrected chi connectivity index (χ2v) is 4.29. The van der Waals surface area contributed by atoms with Gasteiger partial charge in [0.2, 0.25) is 0 Å². The number of carbonyl (C=O) groups is 1. The lowest BCUT2D eigenvalue weighted by Gasteiger charge is -2.15. The van der Waals surface area contributed by atoms with Crippen molar-refractivity contribution >= 4 is 5.97 Å². The summed E-state index contributed by atoms with van der Waals surface area (Å²) >= 11 is 0. The van der Waals surface area contributed by atoms with E-state index in [0.29, 0.717) is 0 Å². The van der Waals surface area contributed by atoms with Crippen LogP contribution in [0.25, 0.3) is 0 Å². The van der Waals surface area contributed by atoms with Crippen molar-refractivity contribution in [3.63, 3.8) is 0 Å². The van der Waals surface area contributed by atoms with Crippen LogP contribution >= 0.6 is 0 Å². The first-order valence-corrected chi connectivity index (χ1v) is 5.85. The van der Waals surface area contributed by atoms with Crippen molar-refractivity contribution in [2.45, 2.75) is 26.1 Å². The van der Waals surface area contributed by atoms with Crippen LogP contribution in [0.5, 0.6) is 5.75 Å². The topological polar surface area (TPSA) is 76.0 Å². The second kappa shape index (κ2) is 7.06. The zero-order chi connectivity index (χ0) is 14.4. The number of aromatic carboxylic acids is 1. The van der Waals surface area contributed by atoms with E-state index in [2.05, 4.69) is 0 Å². The van der Waals surface area contributed by atoms with Gasteiger partial charge in [0.25, 0.3) is 0 Å². The number of benzene rings is 1. The normalized spacial score (nSPS) is 12.5. The van der Waals surface area contributed by atoms with Crippen LogP contribution < -0.4 is 4.74 Å². The van der Waals surface area contributed by atoms with Gasteiger partial charge in [-0.2, -0.15) is 0 Å². The third-order valence-electron chi connectivity index (χ3n) is 2.23. The molecule has 0 aliphatic rings. The van der Waals surface area contributed by atoms with Crippen LogP contribution in [0.15, 0.2) is 18.2 Å². The van der Waals surface area contributed by atoms with E-state index in [1.165, 1.54) is 6.07 Å². The SMILES string of the molecule is CC(C)OCC(O)COc1ccc(F)cc1C(=O)O. The van der Waals surface area contributed by atoms with Gasteiger partial charge >= 0.3 is 5.97 Å². The summed E-state index contributed by atoms with van der Waals surface area (Å²) in [4.78, 5) is 10.9. The number of ether oxygens (including phenoxy) is 2. The quantitative estimate of drug-likeness (QED) is 0.790. The van der Waals surface area contributed by atoms with E-state index in [1.807, 2.05) is 13.8 Å². The number of aliphatic hydroxyl groups is 1. The highest BCUT2D eigenvalue weighted by molar-refractivity contribution is 5.90. The lowest BCUT2D eigenvalue weighted by atomic mass is 10.2. The Labute approximate surface area is 110 Å². The summed E-state index contributed by atoms with van der Waals surface area (Å²) in [6.07, 6.45) is -0.899. The van der Waals surface area contributed by atoms with Gasteiger partial charge in [-0.05, 0) is 32.0 Å². The molecule has 0 bridgehead atoms. The van der Waals surface area contributed by atoms with Crippen molar-refractivity contribution in [3.05, 3.63) is 29.6 Å². The molecule has 0 amide bonds. The fourth-order valence-electron chi connectivity index (χ4n) is 1.33. The molecule has 0 heterocycles. The van der Waals surface area contributed by atoms with E-state index in [1.54, 1.807) is 0 Å². The molecule has 0 aromatic heterocycles. The van der Waals surface area contributed by atoms with Crippen molar-refractivity contribution < 1.29 is 28.9 Å². The molecule has 0 saturated carbocycles. The van der Waals surface area contributed by atoms with E-state index in [4.69, 9.17) is 14.6 Å². The molecule has 0 spiro atoms. The smallest absolute Gasteiger partial charge is 0.339 e. The Morgan fingerprint density at radius 2 is 2.05 bits per heavy atom. The van der Waals surface area contributed by atoms with Crippen LogP contribution in [0.3, 0.4) is 0 Å². The summed E-state index contributed by atoms with van der Waals surface area (Å²) in [5, 5.41) is 18.5. The van der Waals surface area contributed by atoms with Crippen molar-refractivity contribution in [3.8, 4) is 5.75 Å². The summed E-state index contributed by atoms with van der Waals surface area (Å²) in [6.45, 7) is 3.62. The number of rotatable bonds is 7. The first-order valence-electron chi connectivity index (χ1n) is 5.85. The molecular formula is C13H17FO5. The van der Waals surface area contributed by atoms with Crippen LogP contribution in [0.2, 0.25) is 0 Å². The Morgan fingerprint density at radius 1 is 1.37 bits per heavy atom. The Morgan fingerprint density at radius 3 is 2.63 bits per heavy atom. The van der Waals surface area contributed by atoms with Gasteiger partial charge in [-0.15, -0.1) is 0 Å². The standard InChI is InChI=1S/C13H17FO5/c1-8(2)18-6-10(15)7-19-12-4-3-9(14)5-11(12)13(16)17/h3-5,8,10,15H,6-7H2,1-2H3,(H,16,17). The predicted molar refractivity (Wildman–Crippen MR) is 65.9 cm³/mol. The summed E-state index contributed by atoms with van der Waals surface area (Å²) in [6, 6.07) is 3.18. The summed E-state index contributed by atoms with van der Waals surface area (Å²) < 4.78 is 23.3. The van der Waals surface area contributed by atoms with Gasteiger partial charge in [0.15, 0.2) is 0 Å². The average Bonchev–Trinajstić information content (AvgIpc) is 2.34. The van der Waals surface area contributed by atoms with Crippen LogP contribution in [-0.2, 0) is 4.74 Å². The van der Waals surface area contributed by atoms with E-state index in [0.717, 1.165) is 12.1 Å². The minimum Gasteiger partial charge on any atom is -0.490 e. The summed E-state index contributed by atoms with van der Waals surface area (Å²) in [7, 11) is 0. The Hall–Kier alpha value is -1.66. The molecule has 19 heavy (non-hydrogen) atoms. The molecule has 106 valence electrons. The van der Waals surface area contributed by atoms with Gasteiger partial charge in [0, 0.05) is 0 Å². The molecule has 0 saturated heterocycles. The molecular weight excluding hydrogens is 255 g/mol. The zero-order valence-electron chi connectivity index (χ0n) is 10.8. The molecule has 1 unspecified atom stereocenters. The number of carboxylic acids is 1. The van der Waals surface area contributed by atoms with Gasteiger partial charge in [-0.25, -0.2) is 9.18 Å². The highest BCUT2D eigenvalue weighted by atomic mass is 19.1. The summed E-state index contributed by atoms with van der Waals surface area (Å²) in [5.41, 5.74) is -0.281. The minimum absolute atomic E-state index is 0.0116. The van der Waals surface area contributed by atoms with E-state index in [-0.39, 0.29) is 30.6 Å². The lowest BCUT2D eigenvalue weighted by molar-refractivity contribution is -0.0124. The predicted octanol–water partition coefficient (Wildman–Crippen LogP) is 1.69. The minimum atomic E-state index is -1.29. The molecule has 6 heteroatoms. The molecule has 0 aliphatic heterocycles. The van der Waals surface area contributed by atoms with Crippen LogP contribution in [-0.4, -0.2) is 41.6 Å². The van der Waals surface area contributed by atoms with Crippen molar-refractivity contribution in [2.75, 3.05) is 13.2 Å². The number of aliphatic hydroxyl groups excluding tert-OH is 1. The van der Waals surface area contributed by atoms with E-state index < -0.39 is 17.9 Å². The maximum Gasteiger partial charge on any atom is 0.339 e. The van der Waals surface area contributed by atoms with Gasteiger partial charge in [0.1, 0.15) is 29.8 Å². The molecule has 1 rings (SSSR count). The van der Waals surface area contributed by atoms with Crippen LogP contribution in [0.4, 0.5) is 4.39 Å². The maximum atomic E-state index is 12.9. The van der Waals surface area contributed by atoms with Gasteiger partial charge in [-0.1, -0.05) is 0 Å². The highest BCUT2D eigenvalue weighted by Crippen LogP contribution is 2.19. The van der Waals surface area contributed by atoms with Crippen LogP contribution in [0, 0.1) is 5.82 Å². The molecule has 1 atom stereocenters. The molecule has 5 nitrogen and oxygen atoms in total. The van der Waals surface area contributed by atoms with Crippen molar-refractivity contribution in [2.24, 2.45) is 0 Å². The Balaban J connectivity index is 2.60. The molecule has 0 radical (unpaired) electrons. The van der Waals surface area contributed by atoms with Gasteiger partial charge in [0.05, 0.1) is 12.7 Å². The third kappa shape index (κ3) is 5.23. The number of carboxylic acid groups (broad SMARTS) is 1. The fraction of sp³-hybridized carbons (Fsp3) is 0.462. The van der Waals surface area contributed by atoms with Crippen molar-refractivity contribution in [1.82, 2.24) is 0 Å². The second-order valence-electron chi connectivity index (χ2n) is 4.29. The number of hydrogen-bond donors (Lipinski definition) is 2. The summed E-state index contributed by atoms with van der Waals surface area (Å²) in [5.74, 6) is -1.94. The van der Waals surface area contributed by atoms with E-state index >= 15 is 0 Å². The molecule has 2 N–H and O–H groups in total. The first kappa shape index (κ1) is 15.4. The average molecular weight is 272 g/mol. The largest absolute Gasteiger partial charge is 0.490 e. The van der Waals surface area contributed by atoms with E-state index in [9.17, 15) is 14.3 Å². The monoisotopic (exact) mass is 272 g/mol. The van der Waals surface area contributed by atoms with Crippen molar-refractivity contribution in [1.29, 1.82) is 0 Å². The first-order chi connectivity index (χ1) is 8.90.